The zero-order chi connectivity index (χ0) is 12.5. The third-order valence-electron chi connectivity index (χ3n) is 3.23. The Balaban J connectivity index is 2.09. The Morgan fingerprint density at radius 3 is 2.59 bits per heavy atom. The number of aromatic nitrogens is 2. The molecule has 1 N–H and O–H groups in total. The van der Waals surface area contributed by atoms with Crippen LogP contribution in [0.15, 0.2) is 6.20 Å². The van der Waals surface area contributed by atoms with E-state index in [1.807, 2.05) is 0 Å². The van der Waals surface area contributed by atoms with Crippen molar-refractivity contribution in [1.82, 2.24) is 9.55 Å². The minimum atomic E-state index is 0.291. The fourth-order valence-corrected chi connectivity index (χ4v) is 2.55. The number of imidazole rings is 1. The maximum atomic E-state index is 4.61. The van der Waals surface area contributed by atoms with Gasteiger partial charge in [-0.25, -0.2) is 4.98 Å². The van der Waals surface area contributed by atoms with Crippen LogP contribution in [0.1, 0.15) is 52.1 Å². The number of nitrogens with zero attached hydrogens (tertiary/aromatic N) is 2. The molecule has 1 heterocycles. The fourth-order valence-electron chi connectivity index (χ4n) is 2.55. The van der Waals surface area contributed by atoms with Crippen molar-refractivity contribution in [3.8, 4) is 0 Å². The Morgan fingerprint density at radius 1 is 1.35 bits per heavy atom. The number of nitrogens with one attached hydrogen (secondary N) is 1. The molecule has 0 amide bonds. The Bertz CT molecular complexity index is 367. The molecule has 0 radical (unpaired) electrons. The van der Waals surface area contributed by atoms with Gasteiger partial charge in [0, 0.05) is 18.8 Å². The maximum Gasteiger partial charge on any atom is 0.203 e. The van der Waals surface area contributed by atoms with Gasteiger partial charge >= 0.3 is 0 Å². The lowest BCUT2D eigenvalue weighted by molar-refractivity contribution is 0.345. The number of rotatable bonds is 3. The van der Waals surface area contributed by atoms with Crippen LogP contribution in [0.5, 0.6) is 0 Å². The first kappa shape index (κ1) is 12.5. The lowest BCUT2D eigenvalue weighted by atomic mass is 9.97. The van der Waals surface area contributed by atoms with Gasteiger partial charge < -0.3 is 9.88 Å². The number of hydrogen-bond donors (Lipinski definition) is 1. The Labute approximate surface area is 105 Å². The molecule has 1 aliphatic carbocycles. The second-order valence-electron chi connectivity index (χ2n) is 6.52. The average Bonchev–Trinajstić information content (AvgIpc) is 2.75. The fraction of sp³-hybridized carbons (Fsp3) is 0.786. The summed E-state index contributed by atoms with van der Waals surface area (Å²) in [7, 11) is 0. The summed E-state index contributed by atoms with van der Waals surface area (Å²) >= 11 is 0. The summed E-state index contributed by atoms with van der Waals surface area (Å²) in [5.41, 5.74) is 1.40. The summed E-state index contributed by atoms with van der Waals surface area (Å²) in [5, 5.41) is 3.60. The minimum absolute atomic E-state index is 0.291. The molecule has 0 saturated heterocycles. The van der Waals surface area contributed by atoms with E-state index in [0.29, 0.717) is 11.5 Å². The molecule has 0 bridgehead atoms. The van der Waals surface area contributed by atoms with Gasteiger partial charge in [0.15, 0.2) is 0 Å². The molecular formula is C14H25N3. The second-order valence-corrected chi connectivity index (χ2v) is 6.52. The molecular weight excluding hydrogens is 210 g/mol. The molecule has 2 rings (SSSR count). The molecule has 96 valence electrons. The topological polar surface area (TPSA) is 29.9 Å². The molecule has 0 unspecified atom stereocenters. The third kappa shape index (κ3) is 3.48. The van der Waals surface area contributed by atoms with Crippen molar-refractivity contribution in [2.45, 2.75) is 66.0 Å². The summed E-state index contributed by atoms with van der Waals surface area (Å²) in [6.07, 6.45) is 7.46. The van der Waals surface area contributed by atoms with Crippen LogP contribution >= 0.6 is 0 Å². The summed E-state index contributed by atoms with van der Waals surface area (Å²) < 4.78 is 2.27. The Hall–Kier alpha value is -0.990. The highest BCUT2D eigenvalue weighted by molar-refractivity contribution is 5.30. The van der Waals surface area contributed by atoms with E-state index >= 15 is 0 Å². The number of aryl methyl sites for hydroxylation is 1. The zero-order valence-corrected chi connectivity index (χ0v) is 11.6. The first-order valence-electron chi connectivity index (χ1n) is 6.74. The molecule has 1 saturated carbocycles. The van der Waals surface area contributed by atoms with Gasteiger partial charge in [-0.05, 0) is 25.2 Å². The number of anilines is 1. The van der Waals surface area contributed by atoms with E-state index in [-0.39, 0.29) is 0 Å². The molecule has 17 heavy (non-hydrogen) atoms. The van der Waals surface area contributed by atoms with Crippen LogP contribution in [0.2, 0.25) is 0 Å². The van der Waals surface area contributed by atoms with E-state index in [0.717, 1.165) is 18.2 Å². The van der Waals surface area contributed by atoms with Gasteiger partial charge in [0.05, 0.1) is 5.69 Å². The molecule has 1 fully saturated rings. The predicted molar refractivity (Wildman–Crippen MR) is 72.3 cm³/mol. The summed E-state index contributed by atoms with van der Waals surface area (Å²) in [6.45, 7) is 9.88. The molecule has 3 heteroatoms. The van der Waals surface area contributed by atoms with Gasteiger partial charge in [0.2, 0.25) is 5.95 Å². The van der Waals surface area contributed by atoms with Crippen molar-refractivity contribution in [2.24, 2.45) is 5.41 Å². The van der Waals surface area contributed by atoms with Gasteiger partial charge in [-0.15, -0.1) is 0 Å². The maximum absolute atomic E-state index is 4.61. The highest BCUT2D eigenvalue weighted by Crippen LogP contribution is 2.24. The van der Waals surface area contributed by atoms with Crippen LogP contribution in [0, 0.1) is 12.3 Å². The van der Waals surface area contributed by atoms with Crippen molar-refractivity contribution < 1.29 is 0 Å². The average molecular weight is 235 g/mol. The smallest absolute Gasteiger partial charge is 0.203 e. The van der Waals surface area contributed by atoms with Crippen molar-refractivity contribution >= 4 is 5.95 Å². The Kier molecular flexibility index (Phi) is 3.45. The van der Waals surface area contributed by atoms with E-state index in [9.17, 15) is 0 Å². The third-order valence-corrected chi connectivity index (χ3v) is 3.23. The van der Waals surface area contributed by atoms with Crippen LogP contribution in [-0.4, -0.2) is 15.6 Å². The minimum Gasteiger partial charge on any atom is -0.353 e. The van der Waals surface area contributed by atoms with E-state index < -0.39 is 0 Å². The first-order valence-corrected chi connectivity index (χ1v) is 6.74. The van der Waals surface area contributed by atoms with E-state index in [4.69, 9.17) is 0 Å². The monoisotopic (exact) mass is 235 g/mol. The highest BCUT2D eigenvalue weighted by Gasteiger charge is 2.19. The summed E-state index contributed by atoms with van der Waals surface area (Å²) in [5.74, 6) is 1.06. The summed E-state index contributed by atoms with van der Waals surface area (Å²) in [4.78, 5) is 4.61. The van der Waals surface area contributed by atoms with Gasteiger partial charge in [-0.1, -0.05) is 33.6 Å². The molecule has 3 nitrogen and oxygen atoms in total. The Morgan fingerprint density at radius 2 is 2.00 bits per heavy atom. The molecule has 0 spiro atoms. The van der Waals surface area contributed by atoms with Crippen molar-refractivity contribution in [3.63, 3.8) is 0 Å². The first-order chi connectivity index (χ1) is 7.94. The van der Waals surface area contributed by atoms with Crippen LogP contribution in [-0.2, 0) is 6.54 Å². The molecule has 1 aliphatic rings. The highest BCUT2D eigenvalue weighted by atomic mass is 15.2. The van der Waals surface area contributed by atoms with Crippen molar-refractivity contribution in [3.05, 3.63) is 11.9 Å². The van der Waals surface area contributed by atoms with Gasteiger partial charge in [0.1, 0.15) is 0 Å². The van der Waals surface area contributed by atoms with Crippen LogP contribution < -0.4 is 5.32 Å². The largest absolute Gasteiger partial charge is 0.353 e. The quantitative estimate of drug-likeness (QED) is 0.867. The molecule has 1 aromatic heterocycles. The van der Waals surface area contributed by atoms with E-state index in [2.05, 4.69) is 48.8 Å². The van der Waals surface area contributed by atoms with Gasteiger partial charge in [0.25, 0.3) is 0 Å². The molecule has 0 aliphatic heterocycles. The van der Waals surface area contributed by atoms with Crippen molar-refractivity contribution in [2.75, 3.05) is 5.32 Å². The van der Waals surface area contributed by atoms with Crippen LogP contribution in [0.3, 0.4) is 0 Å². The standard InChI is InChI=1S/C14H25N3/c1-11-9-17(10-14(2,3)4)13(15-11)16-12-7-5-6-8-12/h9,12H,5-8,10H2,1-4H3,(H,15,16). The number of hydrogen-bond acceptors (Lipinski definition) is 2. The van der Waals surface area contributed by atoms with Gasteiger partial charge in [-0.2, -0.15) is 0 Å². The van der Waals surface area contributed by atoms with E-state index in [1.54, 1.807) is 0 Å². The molecule has 1 aromatic rings. The second kappa shape index (κ2) is 4.71. The normalized spacial score (nSPS) is 17.6. The van der Waals surface area contributed by atoms with Crippen LogP contribution in [0.25, 0.3) is 0 Å². The lowest BCUT2D eigenvalue weighted by Gasteiger charge is -2.22. The predicted octanol–water partition coefficient (Wildman–Crippen LogP) is 3.59. The summed E-state index contributed by atoms with van der Waals surface area (Å²) in [6, 6.07) is 0.635. The van der Waals surface area contributed by atoms with Crippen molar-refractivity contribution in [1.29, 1.82) is 0 Å². The molecule has 0 aromatic carbocycles. The lowest BCUT2D eigenvalue weighted by Crippen LogP contribution is -2.21. The molecule has 0 atom stereocenters. The SMILES string of the molecule is Cc1cn(CC(C)(C)C)c(NC2CCCC2)n1. The zero-order valence-electron chi connectivity index (χ0n) is 11.6. The van der Waals surface area contributed by atoms with Gasteiger partial charge in [-0.3, -0.25) is 0 Å². The van der Waals surface area contributed by atoms with Crippen LogP contribution in [0.4, 0.5) is 5.95 Å². The van der Waals surface area contributed by atoms with E-state index in [1.165, 1.54) is 25.7 Å².